The minimum atomic E-state index is -4.11. The van der Waals surface area contributed by atoms with Crippen molar-refractivity contribution in [2.24, 2.45) is 0 Å². The largest absolute Gasteiger partial charge is 0.494 e. The van der Waals surface area contributed by atoms with E-state index in [9.17, 15) is 18.0 Å². The topological polar surface area (TPSA) is 96.0 Å². The summed E-state index contributed by atoms with van der Waals surface area (Å²) in [6, 6.07) is 22.1. The monoisotopic (exact) mass is 579 g/mol. The zero-order chi connectivity index (χ0) is 29.8. The lowest BCUT2D eigenvalue weighted by Crippen LogP contribution is -2.53. The van der Waals surface area contributed by atoms with E-state index in [0.29, 0.717) is 37.4 Å². The van der Waals surface area contributed by atoms with E-state index >= 15 is 0 Å². The van der Waals surface area contributed by atoms with Crippen molar-refractivity contribution in [3.05, 3.63) is 90.0 Å². The quantitative estimate of drug-likeness (QED) is 0.275. The predicted molar refractivity (Wildman–Crippen MR) is 163 cm³/mol. The summed E-state index contributed by atoms with van der Waals surface area (Å²) >= 11 is 0. The Balaban J connectivity index is 2.00. The molecule has 0 spiro atoms. The summed E-state index contributed by atoms with van der Waals surface area (Å²) in [5, 5.41) is 2.90. The molecule has 3 aromatic rings. The second kappa shape index (κ2) is 15.2. The van der Waals surface area contributed by atoms with Gasteiger partial charge >= 0.3 is 0 Å². The van der Waals surface area contributed by atoms with Crippen molar-refractivity contribution in [1.82, 2.24) is 10.2 Å². The lowest BCUT2D eigenvalue weighted by Gasteiger charge is -2.33. The van der Waals surface area contributed by atoms with Gasteiger partial charge in [-0.15, -0.1) is 0 Å². The van der Waals surface area contributed by atoms with Gasteiger partial charge in [0.1, 0.15) is 18.3 Å². The Bertz CT molecular complexity index is 1360. The zero-order valence-corrected chi connectivity index (χ0v) is 25.2. The Morgan fingerprint density at radius 3 is 2.15 bits per heavy atom. The maximum atomic E-state index is 14.0. The molecule has 3 rings (SSSR count). The highest BCUT2D eigenvalue weighted by Crippen LogP contribution is 2.27. The Labute approximate surface area is 244 Å². The highest BCUT2D eigenvalue weighted by molar-refractivity contribution is 7.92. The zero-order valence-electron chi connectivity index (χ0n) is 24.4. The van der Waals surface area contributed by atoms with Crippen LogP contribution in [0.5, 0.6) is 5.75 Å². The molecule has 0 bridgehead atoms. The van der Waals surface area contributed by atoms with E-state index in [1.165, 1.54) is 17.0 Å². The Morgan fingerprint density at radius 2 is 1.56 bits per heavy atom. The summed E-state index contributed by atoms with van der Waals surface area (Å²) < 4.78 is 34.6. The van der Waals surface area contributed by atoms with Gasteiger partial charge in [-0.2, -0.15) is 0 Å². The number of hydrogen-bond donors (Lipinski definition) is 1. The van der Waals surface area contributed by atoms with E-state index in [2.05, 4.69) is 5.32 Å². The average Bonchev–Trinajstić information content (AvgIpc) is 2.98. The minimum Gasteiger partial charge on any atom is -0.494 e. The van der Waals surface area contributed by atoms with Crippen LogP contribution in [0.3, 0.4) is 0 Å². The molecule has 2 amide bonds. The number of anilines is 1. The summed E-state index contributed by atoms with van der Waals surface area (Å²) in [5.41, 5.74) is 2.27. The van der Waals surface area contributed by atoms with Gasteiger partial charge in [0.25, 0.3) is 10.0 Å². The first kappa shape index (κ1) is 31.7. The molecular formula is C32H41N3O5S. The van der Waals surface area contributed by atoms with Gasteiger partial charge in [0.15, 0.2) is 0 Å². The molecule has 8 nitrogen and oxygen atoms in total. The van der Waals surface area contributed by atoms with E-state index in [1.54, 1.807) is 36.4 Å². The van der Waals surface area contributed by atoms with E-state index in [4.69, 9.17) is 4.74 Å². The predicted octanol–water partition coefficient (Wildman–Crippen LogP) is 4.97. The Morgan fingerprint density at radius 1 is 0.902 bits per heavy atom. The van der Waals surface area contributed by atoms with Crippen LogP contribution < -0.4 is 14.4 Å². The first-order chi connectivity index (χ1) is 19.7. The number of nitrogens with one attached hydrogen (secondary N) is 1. The van der Waals surface area contributed by atoms with Crippen molar-refractivity contribution in [3.63, 3.8) is 0 Å². The summed E-state index contributed by atoms with van der Waals surface area (Å²) in [4.78, 5) is 28.8. The van der Waals surface area contributed by atoms with Crippen LogP contribution in [0, 0.1) is 6.92 Å². The SMILES string of the molecule is CCCNC(=O)[C@H](CC)N(CCc1ccccc1)C(=O)CN(c1ccc(OCC)cc1)S(=O)(=O)c1ccc(C)cc1. The molecule has 3 aromatic carbocycles. The van der Waals surface area contributed by atoms with Gasteiger partial charge in [-0.05, 0) is 75.1 Å². The molecule has 1 N–H and O–H groups in total. The fourth-order valence-electron chi connectivity index (χ4n) is 4.50. The Kier molecular flexibility index (Phi) is 11.8. The second-order valence-electron chi connectivity index (χ2n) is 9.79. The van der Waals surface area contributed by atoms with Gasteiger partial charge in [-0.25, -0.2) is 8.42 Å². The summed E-state index contributed by atoms with van der Waals surface area (Å²) in [7, 11) is -4.11. The molecule has 0 radical (unpaired) electrons. The molecule has 0 aliphatic carbocycles. The third kappa shape index (κ3) is 8.57. The van der Waals surface area contributed by atoms with Crippen LogP contribution in [-0.4, -0.2) is 57.4 Å². The number of rotatable bonds is 15. The molecule has 0 saturated carbocycles. The van der Waals surface area contributed by atoms with Crippen LogP contribution in [0.2, 0.25) is 0 Å². The number of nitrogens with zero attached hydrogens (tertiary/aromatic N) is 2. The van der Waals surface area contributed by atoms with Crippen molar-refractivity contribution in [2.75, 3.05) is 30.5 Å². The fourth-order valence-corrected chi connectivity index (χ4v) is 5.92. The fraction of sp³-hybridized carbons (Fsp3) is 0.375. The maximum Gasteiger partial charge on any atom is 0.264 e. The molecule has 0 aliphatic rings. The third-order valence-electron chi connectivity index (χ3n) is 6.74. The smallest absolute Gasteiger partial charge is 0.264 e. The lowest BCUT2D eigenvalue weighted by molar-refractivity contribution is -0.139. The van der Waals surface area contributed by atoms with E-state index in [0.717, 1.165) is 21.9 Å². The van der Waals surface area contributed by atoms with Gasteiger partial charge in [-0.3, -0.25) is 13.9 Å². The van der Waals surface area contributed by atoms with Crippen molar-refractivity contribution in [3.8, 4) is 5.75 Å². The van der Waals surface area contributed by atoms with Crippen LogP contribution in [0.25, 0.3) is 0 Å². The molecule has 0 heterocycles. The molecular weight excluding hydrogens is 538 g/mol. The summed E-state index contributed by atoms with van der Waals surface area (Å²) in [6.07, 6.45) is 1.68. The molecule has 0 saturated heterocycles. The van der Waals surface area contributed by atoms with Crippen molar-refractivity contribution in [1.29, 1.82) is 0 Å². The number of hydrogen-bond acceptors (Lipinski definition) is 5. The molecule has 0 aliphatic heterocycles. The van der Waals surface area contributed by atoms with Crippen LogP contribution >= 0.6 is 0 Å². The molecule has 0 aromatic heterocycles. The molecule has 41 heavy (non-hydrogen) atoms. The van der Waals surface area contributed by atoms with E-state index in [1.807, 2.05) is 58.0 Å². The summed E-state index contributed by atoms with van der Waals surface area (Å²) in [6.45, 7) is 8.33. The highest BCUT2D eigenvalue weighted by atomic mass is 32.2. The lowest BCUT2D eigenvalue weighted by atomic mass is 10.1. The number of amides is 2. The number of sulfonamides is 1. The average molecular weight is 580 g/mol. The Hall–Kier alpha value is -3.85. The van der Waals surface area contributed by atoms with Crippen molar-refractivity contribution < 1.29 is 22.7 Å². The number of aryl methyl sites for hydroxylation is 1. The third-order valence-corrected chi connectivity index (χ3v) is 8.53. The first-order valence-electron chi connectivity index (χ1n) is 14.1. The van der Waals surface area contributed by atoms with Crippen LogP contribution in [-0.2, 0) is 26.0 Å². The maximum absolute atomic E-state index is 14.0. The van der Waals surface area contributed by atoms with Gasteiger partial charge in [0.05, 0.1) is 17.2 Å². The number of carbonyl (C=O) groups is 2. The van der Waals surface area contributed by atoms with Gasteiger partial charge in [-0.1, -0.05) is 61.9 Å². The standard InChI is InChI=1S/C32H41N3O5S/c1-5-22-33-32(37)30(6-2)34(23-21-26-11-9-8-10-12-26)31(36)24-35(27-15-17-28(18-16-27)40-7-3)41(38,39)29-19-13-25(4)14-20-29/h8-20,30H,5-7,21-24H2,1-4H3,(H,33,37)/t30-/m0/s1. The minimum absolute atomic E-state index is 0.0772. The molecule has 0 unspecified atom stereocenters. The van der Waals surface area contributed by atoms with Gasteiger partial charge in [0.2, 0.25) is 11.8 Å². The first-order valence-corrected chi connectivity index (χ1v) is 15.6. The number of carbonyl (C=O) groups excluding carboxylic acids is 2. The van der Waals surface area contributed by atoms with E-state index < -0.39 is 28.5 Å². The number of ether oxygens (including phenoxy) is 1. The normalized spacial score (nSPS) is 11.9. The van der Waals surface area contributed by atoms with Crippen LogP contribution in [0.1, 0.15) is 44.7 Å². The summed E-state index contributed by atoms with van der Waals surface area (Å²) in [5.74, 6) is -0.104. The van der Waals surface area contributed by atoms with Gasteiger partial charge < -0.3 is 15.0 Å². The molecule has 9 heteroatoms. The second-order valence-corrected chi connectivity index (χ2v) is 11.7. The molecule has 0 fully saturated rings. The van der Waals surface area contributed by atoms with Crippen molar-refractivity contribution in [2.45, 2.75) is 57.9 Å². The van der Waals surface area contributed by atoms with Gasteiger partial charge in [0, 0.05) is 13.1 Å². The molecule has 1 atom stereocenters. The van der Waals surface area contributed by atoms with E-state index in [-0.39, 0.29) is 17.3 Å². The number of benzene rings is 3. The highest BCUT2D eigenvalue weighted by Gasteiger charge is 2.33. The van der Waals surface area contributed by atoms with Crippen LogP contribution in [0.4, 0.5) is 5.69 Å². The van der Waals surface area contributed by atoms with Crippen molar-refractivity contribution >= 4 is 27.5 Å². The van der Waals surface area contributed by atoms with Crippen LogP contribution in [0.15, 0.2) is 83.8 Å². The molecule has 220 valence electrons.